The highest BCUT2D eigenvalue weighted by Gasteiger charge is 2.27. The zero-order valence-electron chi connectivity index (χ0n) is 5.74. The van der Waals surface area contributed by atoms with Crippen LogP contribution in [0.4, 0.5) is 0 Å². The summed E-state index contributed by atoms with van der Waals surface area (Å²) in [5, 5.41) is 1.12. The molecule has 1 rings (SSSR count). The minimum atomic E-state index is -0.498. The third kappa shape index (κ3) is 1.44. The fourth-order valence-corrected chi connectivity index (χ4v) is 0.753. The van der Waals surface area contributed by atoms with E-state index in [-0.39, 0.29) is 19.1 Å². The lowest BCUT2D eigenvalue weighted by Crippen LogP contribution is -2.27. The fourth-order valence-electron chi connectivity index (χ4n) is 0.753. The molecule has 1 atom stereocenters. The van der Waals surface area contributed by atoms with Crippen LogP contribution in [0.25, 0.3) is 0 Å². The van der Waals surface area contributed by atoms with Gasteiger partial charge < -0.3 is 10.5 Å². The van der Waals surface area contributed by atoms with Crippen LogP contribution in [0.5, 0.6) is 0 Å². The first-order chi connectivity index (χ1) is 4.74. The molecule has 1 fully saturated rings. The maximum absolute atomic E-state index is 10.8. The summed E-state index contributed by atoms with van der Waals surface area (Å²) in [5.74, 6) is -0.130. The summed E-state index contributed by atoms with van der Waals surface area (Å²) < 4.78 is 4.67. The Morgan fingerprint density at radius 3 is 3.10 bits per heavy atom. The van der Waals surface area contributed by atoms with Crippen molar-refractivity contribution in [2.24, 2.45) is 5.73 Å². The van der Waals surface area contributed by atoms with E-state index >= 15 is 0 Å². The molecule has 0 spiro atoms. The van der Waals surface area contributed by atoms with Gasteiger partial charge in [0.15, 0.2) is 0 Å². The number of carbonyl (C=O) groups is 1. The number of hydroxylamine groups is 2. The van der Waals surface area contributed by atoms with Crippen molar-refractivity contribution in [1.82, 2.24) is 5.06 Å². The molecule has 1 aliphatic heterocycles. The van der Waals surface area contributed by atoms with Crippen LogP contribution in [0.2, 0.25) is 0 Å². The third-order valence-electron chi connectivity index (χ3n) is 1.16. The lowest BCUT2D eigenvalue weighted by atomic mass is 10.4. The molecular weight excluding hydrogens is 136 g/mol. The number of ether oxygens (including phenoxy) is 1. The normalized spacial score (nSPS) is 26.0. The molecule has 5 nitrogen and oxygen atoms in total. The highest BCUT2D eigenvalue weighted by molar-refractivity contribution is 5.76. The van der Waals surface area contributed by atoms with Gasteiger partial charge in [0.1, 0.15) is 13.0 Å². The van der Waals surface area contributed by atoms with Gasteiger partial charge in [0.25, 0.3) is 5.91 Å². The van der Waals surface area contributed by atoms with Gasteiger partial charge in [-0.2, -0.15) is 5.06 Å². The number of hydrogen-bond donors (Lipinski definition) is 1. The zero-order chi connectivity index (χ0) is 7.56. The Kier molecular flexibility index (Phi) is 2.21. The molecule has 1 unspecified atom stereocenters. The maximum atomic E-state index is 10.8. The predicted molar refractivity (Wildman–Crippen MR) is 32.4 cm³/mol. The Bertz CT molecular complexity index is 139. The number of amides is 1. The molecule has 1 aliphatic rings. The zero-order valence-corrected chi connectivity index (χ0v) is 5.74. The van der Waals surface area contributed by atoms with Crippen LogP contribution >= 0.6 is 0 Å². The Morgan fingerprint density at radius 2 is 2.70 bits per heavy atom. The summed E-state index contributed by atoms with van der Waals surface area (Å²) in [6.45, 7) is 0.145. The van der Waals surface area contributed by atoms with E-state index in [2.05, 4.69) is 4.74 Å². The summed E-state index contributed by atoms with van der Waals surface area (Å²) in [6, 6.07) is 0. The van der Waals surface area contributed by atoms with E-state index in [0.29, 0.717) is 0 Å². The second-order valence-electron chi connectivity index (χ2n) is 2.04. The lowest BCUT2D eigenvalue weighted by molar-refractivity contribution is -0.197. The molecule has 10 heavy (non-hydrogen) atoms. The minimum absolute atomic E-state index is 0.130. The molecule has 58 valence electrons. The number of hydrogen-bond acceptors (Lipinski definition) is 4. The summed E-state index contributed by atoms with van der Waals surface area (Å²) in [5.41, 5.74) is 5.31. The van der Waals surface area contributed by atoms with E-state index < -0.39 is 6.23 Å². The van der Waals surface area contributed by atoms with Gasteiger partial charge in [0.05, 0.1) is 6.42 Å². The molecule has 5 heteroatoms. The summed E-state index contributed by atoms with van der Waals surface area (Å²) >= 11 is 0. The molecule has 2 N–H and O–H groups in total. The van der Waals surface area contributed by atoms with Crippen molar-refractivity contribution in [3.8, 4) is 0 Å². The molecule has 1 heterocycles. The van der Waals surface area contributed by atoms with Crippen molar-refractivity contribution < 1.29 is 14.4 Å². The smallest absolute Gasteiger partial charge is 0.252 e. The molecule has 0 aromatic carbocycles. The molecule has 1 amide bonds. The second-order valence-corrected chi connectivity index (χ2v) is 2.04. The van der Waals surface area contributed by atoms with Gasteiger partial charge in [-0.25, -0.2) is 4.84 Å². The van der Waals surface area contributed by atoms with Crippen molar-refractivity contribution in [2.45, 2.75) is 12.6 Å². The monoisotopic (exact) mass is 146 g/mol. The van der Waals surface area contributed by atoms with Crippen LogP contribution < -0.4 is 5.73 Å². The van der Waals surface area contributed by atoms with E-state index in [1.807, 2.05) is 0 Å². The van der Waals surface area contributed by atoms with Crippen LogP contribution in [-0.4, -0.2) is 31.0 Å². The van der Waals surface area contributed by atoms with E-state index in [1.54, 1.807) is 0 Å². The minimum Gasteiger partial charge on any atom is -0.362 e. The Morgan fingerprint density at radius 1 is 2.00 bits per heavy atom. The molecular formula is C5H10N2O3. The average molecular weight is 146 g/mol. The first-order valence-electron chi connectivity index (χ1n) is 2.95. The number of nitrogens with zero attached hydrogens (tertiary/aromatic N) is 1. The van der Waals surface area contributed by atoms with Gasteiger partial charge in [0.2, 0.25) is 0 Å². The second kappa shape index (κ2) is 2.96. The molecule has 0 aromatic rings. The van der Waals surface area contributed by atoms with Crippen LogP contribution in [-0.2, 0) is 14.4 Å². The van der Waals surface area contributed by atoms with E-state index in [9.17, 15) is 4.79 Å². The SMILES string of the molecule is COCN1OC(N)CC1=O. The van der Waals surface area contributed by atoms with Crippen molar-refractivity contribution in [3.63, 3.8) is 0 Å². The van der Waals surface area contributed by atoms with Gasteiger partial charge in [-0.3, -0.25) is 4.79 Å². The Labute approximate surface area is 58.6 Å². The quantitative estimate of drug-likeness (QED) is 0.545. The predicted octanol–water partition coefficient (Wildman–Crippen LogP) is -0.961. The Hall–Kier alpha value is -0.650. The molecule has 0 aromatic heterocycles. The van der Waals surface area contributed by atoms with Gasteiger partial charge >= 0.3 is 0 Å². The van der Waals surface area contributed by atoms with Crippen molar-refractivity contribution in [2.75, 3.05) is 13.8 Å². The van der Waals surface area contributed by atoms with Gasteiger partial charge in [-0.15, -0.1) is 0 Å². The average Bonchev–Trinajstić information content (AvgIpc) is 2.13. The molecule has 0 saturated carbocycles. The number of rotatable bonds is 2. The van der Waals surface area contributed by atoms with Crippen LogP contribution in [0.3, 0.4) is 0 Å². The van der Waals surface area contributed by atoms with E-state index in [4.69, 9.17) is 10.6 Å². The van der Waals surface area contributed by atoms with Crippen molar-refractivity contribution >= 4 is 5.91 Å². The largest absolute Gasteiger partial charge is 0.362 e. The lowest BCUT2D eigenvalue weighted by Gasteiger charge is -2.12. The van der Waals surface area contributed by atoms with Crippen LogP contribution in [0.15, 0.2) is 0 Å². The number of carbonyl (C=O) groups excluding carboxylic acids is 1. The first kappa shape index (κ1) is 7.46. The molecule has 1 saturated heterocycles. The first-order valence-corrected chi connectivity index (χ1v) is 2.95. The topological polar surface area (TPSA) is 64.8 Å². The van der Waals surface area contributed by atoms with Crippen molar-refractivity contribution in [1.29, 1.82) is 0 Å². The highest BCUT2D eigenvalue weighted by Crippen LogP contribution is 2.09. The standard InChI is InChI=1S/C5H10N2O3/c1-9-3-7-5(8)2-4(6)10-7/h4H,2-3,6H2,1H3. The molecule has 0 bridgehead atoms. The van der Waals surface area contributed by atoms with E-state index in [1.165, 1.54) is 7.11 Å². The van der Waals surface area contributed by atoms with Gasteiger partial charge in [0, 0.05) is 7.11 Å². The highest BCUT2D eigenvalue weighted by atomic mass is 16.7. The van der Waals surface area contributed by atoms with Crippen LogP contribution in [0.1, 0.15) is 6.42 Å². The summed E-state index contributed by atoms with van der Waals surface area (Å²) in [4.78, 5) is 15.7. The van der Waals surface area contributed by atoms with Crippen LogP contribution in [0, 0.1) is 0 Å². The van der Waals surface area contributed by atoms with Gasteiger partial charge in [-0.1, -0.05) is 0 Å². The van der Waals surface area contributed by atoms with Crippen molar-refractivity contribution in [3.05, 3.63) is 0 Å². The fraction of sp³-hybridized carbons (Fsp3) is 0.800. The summed E-state index contributed by atoms with van der Waals surface area (Å²) in [6.07, 6.45) is -0.258. The van der Waals surface area contributed by atoms with Gasteiger partial charge in [-0.05, 0) is 0 Å². The Balaban J connectivity index is 2.39. The number of methoxy groups -OCH3 is 1. The summed E-state index contributed by atoms with van der Waals surface area (Å²) in [7, 11) is 1.49. The van der Waals surface area contributed by atoms with E-state index in [0.717, 1.165) is 5.06 Å². The third-order valence-corrected chi connectivity index (χ3v) is 1.16. The maximum Gasteiger partial charge on any atom is 0.252 e. The number of nitrogens with two attached hydrogens (primary N) is 1. The molecule has 0 aliphatic carbocycles. The molecule has 0 radical (unpaired) electrons.